The van der Waals surface area contributed by atoms with Gasteiger partial charge in [-0.2, -0.15) is 0 Å². The number of hydrogen-bond donors (Lipinski definition) is 1. The second-order valence-electron chi connectivity index (χ2n) is 5.70. The van der Waals surface area contributed by atoms with Crippen LogP contribution < -0.4 is 14.8 Å². The summed E-state index contributed by atoms with van der Waals surface area (Å²) in [5, 5.41) is 15.5. The summed E-state index contributed by atoms with van der Waals surface area (Å²) in [6.07, 6.45) is 0. The molecule has 7 nitrogen and oxygen atoms in total. The van der Waals surface area contributed by atoms with E-state index >= 15 is 0 Å². The number of methoxy groups -OCH3 is 1. The van der Waals surface area contributed by atoms with Crippen molar-refractivity contribution in [2.75, 3.05) is 12.4 Å². The molecule has 1 aromatic heterocycles. The third kappa shape index (κ3) is 4.90. The summed E-state index contributed by atoms with van der Waals surface area (Å²) < 4.78 is 14.0. The number of anilines is 1. The lowest BCUT2D eigenvalue weighted by atomic mass is 10.2. The average molecular weight is 453 g/mol. The summed E-state index contributed by atoms with van der Waals surface area (Å²) in [5.41, 5.74) is 2.02. The zero-order chi connectivity index (χ0) is 19.2. The second kappa shape index (κ2) is 9.05. The van der Waals surface area contributed by atoms with Gasteiger partial charge in [-0.25, -0.2) is 4.68 Å². The fraction of sp³-hybridized carbons (Fsp3) is 0.278. The van der Waals surface area contributed by atoms with Crippen molar-refractivity contribution in [1.29, 1.82) is 0 Å². The van der Waals surface area contributed by atoms with Crippen LogP contribution >= 0.6 is 27.5 Å². The molecule has 0 amide bonds. The normalized spacial score (nSPS) is 10.7. The lowest BCUT2D eigenvalue weighted by Crippen LogP contribution is -2.08. The maximum atomic E-state index is 5.95. The van der Waals surface area contributed by atoms with Crippen LogP contribution in [-0.2, 0) is 19.7 Å². The highest BCUT2D eigenvalue weighted by Gasteiger charge is 2.13. The van der Waals surface area contributed by atoms with Crippen molar-refractivity contribution in [2.45, 2.75) is 26.6 Å². The number of aryl methyl sites for hydroxylation is 1. The van der Waals surface area contributed by atoms with Gasteiger partial charge in [0.15, 0.2) is 11.5 Å². The maximum Gasteiger partial charge on any atom is 0.243 e. The number of nitrogens with zero attached hydrogens (tertiary/aromatic N) is 4. The molecule has 3 aromatic rings. The third-order valence-corrected chi connectivity index (χ3v) is 4.71. The minimum Gasteiger partial charge on any atom is -0.493 e. The number of benzene rings is 2. The van der Waals surface area contributed by atoms with E-state index in [4.69, 9.17) is 21.1 Å². The predicted octanol–water partition coefficient (Wildman–Crippen LogP) is 4.31. The van der Waals surface area contributed by atoms with Gasteiger partial charge in [-0.3, -0.25) is 0 Å². The lowest BCUT2D eigenvalue weighted by Gasteiger charge is -2.15. The Morgan fingerprint density at radius 2 is 1.96 bits per heavy atom. The van der Waals surface area contributed by atoms with E-state index in [2.05, 4.69) is 36.8 Å². The predicted molar refractivity (Wildman–Crippen MR) is 107 cm³/mol. The molecule has 0 fully saturated rings. The van der Waals surface area contributed by atoms with Crippen LogP contribution in [0.5, 0.6) is 11.5 Å². The van der Waals surface area contributed by atoms with Gasteiger partial charge in [0.25, 0.3) is 0 Å². The molecule has 2 aromatic carbocycles. The molecule has 0 radical (unpaired) electrons. The Hall–Kier alpha value is -2.32. The summed E-state index contributed by atoms with van der Waals surface area (Å²) in [6.45, 7) is 3.63. The van der Waals surface area contributed by atoms with Crippen LogP contribution in [-0.4, -0.2) is 27.3 Å². The zero-order valence-corrected chi connectivity index (χ0v) is 17.3. The van der Waals surface area contributed by atoms with Crippen molar-refractivity contribution in [3.63, 3.8) is 0 Å². The van der Waals surface area contributed by atoms with Gasteiger partial charge in [-0.05, 0) is 68.7 Å². The molecule has 142 valence electrons. The Morgan fingerprint density at radius 3 is 2.67 bits per heavy atom. The van der Waals surface area contributed by atoms with Crippen molar-refractivity contribution in [3.05, 3.63) is 57.0 Å². The molecule has 0 aliphatic carbocycles. The number of rotatable bonds is 8. The van der Waals surface area contributed by atoms with E-state index in [9.17, 15) is 0 Å². The minimum absolute atomic E-state index is 0.412. The number of halogens is 2. The van der Waals surface area contributed by atoms with Gasteiger partial charge in [-0.1, -0.05) is 28.8 Å². The highest BCUT2D eigenvalue weighted by Crippen LogP contribution is 2.37. The Labute approximate surface area is 170 Å². The molecule has 0 atom stereocenters. The van der Waals surface area contributed by atoms with Crippen LogP contribution in [0.25, 0.3) is 0 Å². The van der Waals surface area contributed by atoms with Crippen LogP contribution in [0.1, 0.15) is 18.1 Å². The SMILES string of the molecule is CCn1nnnc1NCc1cc(Br)c(OCc2ccc(Cl)cc2)c(OC)c1. The first-order valence-electron chi connectivity index (χ1n) is 8.34. The van der Waals surface area contributed by atoms with E-state index in [-0.39, 0.29) is 0 Å². The summed E-state index contributed by atoms with van der Waals surface area (Å²) in [6, 6.07) is 11.4. The highest BCUT2D eigenvalue weighted by molar-refractivity contribution is 9.10. The van der Waals surface area contributed by atoms with Crippen LogP contribution in [0.2, 0.25) is 5.02 Å². The van der Waals surface area contributed by atoms with Gasteiger partial charge in [0.2, 0.25) is 5.95 Å². The molecule has 0 aliphatic heterocycles. The van der Waals surface area contributed by atoms with Crippen LogP contribution in [0, 0.1) is 0 Å². The fourth-order valence-electron chi connectivity index (χ4n) is 2.48. The standard InChI is InChI=1S/C18H19BrClN5O2/c1-3-25-18(22-23-24-25)21-10-13-8-15(19)17(16(9-13)26-2)27-11-12-4-6-14(20)7-5-12/h4-9H,3,10-11H2,1-2H3,(H,21,22,24). The number of ether oxygens (including phenoxy) is 2. The van der Waals surface area contributed by atoms with E-state index in [1.807, 2.05) is 43.3 Å². The highest BCUT2D eigenvalue weighted by atomic mass is 79.9. The Kier molecular flexibility index (Phi) is 6.52. The first-order valence-corrected chi connectivity index (χ1v) is 9.51. The third-order valence-electron chi connectivity index (χ3n) is 3.87. The van der Waals surface area contributed by atoms with Crippen molar-refractivity contribution < 1.29 is 9.47 Å². The number of tetrazole rings is 1. The van der Waals surface area contributed by atoms with Gasteiger partial charge in [0.1, 0.15) is 6.61 Å². The molecule has 0 saturated heterocycles. The smallest absolute Gasteiger partial charge is 0.243 e. The maximum absolute atomic E-state index is 5.95. The van der Waals surface area contributed by atoms with E-state index in [0.717, 1.165) is 15.6 Å². The van der Waals surface area contributed by atoms with E-state index in [0.29, 0.717) is 42.2 Å². The first kappa shape index (κ1) is 19.4. The average Bonchev–Trinajstić information content (AvgIpc) is 3.14. The molecular weight excluding hydrogens is 434 g/mol. The number of aromatic nitrogens is 4. The molecule has 0 aliphatic rings. The Morgan fingerprint density at radius 1 is 1.19 bits per heavy atom. The van der Waals surface area contributed by atoms with Crippen molar-refractivity contribution in [2.24, 2.45) is 0 Å². The first-order chi connectivity index (χ1) is 13.1. The van der Waals surface area contributed by atoms with Gasteiger partial charge in [0, 0.05) is 18.1 Å². The molecule has 3 rings (SSSR count). The molecule has 1 N–H and O–H groups in total. The van der Waals surface area contributed by atoms with Crippen LogP contribution in [0.15, 0.2) is 40.9 Å². The summed E-state index contributed by atoms with van der Waals surface area (Å²) >= 11 is 9.49. The van der Waals surface area contributed by atoms with Crippen molar-refractivity contribution >= 4 is 33.5 Å². The lowest BCUT2D eigenvalue weighted by molar-refractivity contribution is 0.282. The van der Waals surface area contributed by atoms with Gasteiger partial charge < -0.3 is 14.8 Å². The van der Waals surface area contributed by atoms with Crippen molar-refractivity contribution in [1.82, 2.24) is 20.2 Å². The van der Waals surface area contributed by atoms with E-state index in [1.54, 1.807) is 11.8 Å². The fourth-order valence-corrected chi connectivity index (χ4v) is 3.21. The Balaban J connectivity index is 1.71. The van der Waals surface area contributed by atoms with Crippen LogP contribution in [0.3, 0.4) is 0 Å². The van der Waals surface area contributed by atoms with E-state index in [1.165, 1.54) is 0 Å². The van der Waals surface area contributed by atoms with Gasteiger partial charge in [0.05, 0.1) is 11.6 Å². The van der Waals surface area contributed by atoms with Crippen LogP contribution in [0.4, 0.5) is 5.95 Å². The monoisotopic (exact) mass is 451 g/mol. The largest absolute Gasteiger partial charge is 0.493 e. The summed E-state index contributed by atoms with van der Waals surface area (Å²) in [4.78, 5) is 0. The molecule has 9 heteroatoms. The molecular formula is C18H19BrClN5O2. The number of hydrogen-bond acceptors (Lipinski definition) is 6. The Bertz CT molecular complexity index is 901. The van der Waals surface area contributed by atoms with E-state index < -0.39 is 0 Å². The quantitative estimate of drug-likeness (QED) is 0.549. The number of nitrogens with one attached hydrogen (secondary N) is 1. The molecule has 0 unspecified atom stereocenters. The summed E-state index contributed by atoms with van der Waals surface area (Å²) in [5.74, 6) is 1.91. The topological polar surface area (TPSA) is 74.1 Å². The molecule has 0 spiro atoms. The molecule has 27 heavy (non-hydrogen) atoms. The van der Waals surface area contributed by atoms with Crippen molar-refractivity contribution in [3.8, 4) is 11.5 Å². The zero-order valence-electron chi connectivity index (χ0n) is 14.9. The van der Waals surface area contributed by atoms with Gasteiger partial charge in [-0.15, -0.1) is 0 Å². The second-order valence-corrected chi connectivity index (χ2v) is 6.99. The molecule has 0 bridgehead atoms. The molecule has 0 saturated carbocycles. The minimum atomic E-state index is 0.412. The molecule has 1 heterocycles. The summed E-state index contributed by atoms with van der Waals surface area (Å²) in [7, 11) is 1.62. The van der Waals surface area contributed by atoms with Gasteiger partial charge >= 0.3 is 0 Å².